The number of hydrogen-bond acceptors (Lipinski definition) is 5. The summed E-state index contributed by atoms with van der Waals surface area (Å²) < 4.78 is 11.8. The number of aromatic nitrogens is 1. The molecule has 1 aromatic heterocycles. The number of piperidine rings is 1. The fraction of sp³-hybridized carbons (Fsp3) is 0.600. The highest BCUT2D eigenvalue weighted by Crippen LogP contribution is 2.30. The molecule has 33 heavy (non-hydrogen) atoms. The molecule has 0 atom stereocenters. The van der Waals surface area contributed by atoms with Crippen LogP contribution >= 0.6 is 24.0 Å². The number of hydrogen-bond donors (Lipinski definition) is 2. The molecule has 2 N–H and O–H groups in total. The van der Waals surface area contributed by atoms with E-state index in [9.17, 15) is 0 Å². The number of nitrogens with one attached hydrogen (secondary N) is 2. The van der Waals surface area contributed by atoms with Crippen molar-refractivity contribution in [1.29, 1.82) is 0 Å². The third-order valence-corrected chi connectivity index (χ3v) is 6.51. The van der Waals surface area contributed by atoms with Gasteiger partial charge in [-0.1, -0.05) is 18.2 Å². The number of rotatable bonds is 9. The van der Waals surface area contributed by atoms with E-state index in [2.05, 4.69) is 43.7 Å². The molecule has 0 radical (unpaired) electrons. The minimum Gasteiger partial charge on any atom is -0.493 e. The number of nitrogens with zero attached hydrogens (tertiary/aromatic N) is 3. The van der Waals surface area contributed by atoms with E-state index in [0.717, 1.165) is 67.8 Å². The first kappa shape index (κ1) is 25.8. The van der Waals surface area contributed by atoms with Crippen LogP contribution in [0.3, 0.4) is 0 Å². The molecule has 0 unspecified atom stereocenters. The van der Waals surface area contributed by atoms with Gasteiger partial charge in [0.15, 0.2) is 5.96 Å². The van der Waals surface area contributed by atoms with E-state index in [1.165, 1.54) is 31.2 Å². The number of halogens is 1. The summed E-state index contributed by atoms with van der Waals surface area (Å²) in [6.45, 7) is 9.40. The lowest BCUT2D eigenvalue weighted by Gasteiger charge is -2.31. The maximum atomic E-state index is 6.03. The van der Waals surface area contributed by atoms with Crippen LogP contribution < -0.4 is 15.4 Å². The average Bonchev–Trinajstić information content (AvgIpc) is 3.58. The number of para-hydroxylation sites is 1. The van der Waals surface area contributed by atoms with Crippen LogP contribution in [-0.4, -0.2) is 49.1 Å². The molecule has 8 heteroatoms. The second-order valence-electron chi connectivity index (χ2n) is 9.14. The highest BCUT2D eigenvalue weighted by molar-refractivity contribution is 14.0. The Kier molecular flexibility index (Phi) is 9.85. The van der Waals surface area contributed by atoms with Crippen molar-refractivity contribution in [2.75, 3.05) is 33.3 Å². The topological polar surface area (TPSA) is 74.9 Å². The van der Waals surface area contributed by atoms with E-state index in [0.29, 0.717) is 12.5 Å². The molecule has 1 aliphatic carbocycles. The maximum Gasteiger partial charge on any atom is 0.208 e. The van der Waals surface area contributed by atoms with Crippen LogP contribution in [0.25, 0.3) is 0 Å². The lowest BCUT2D eigenvalue weighted by Crippen LogP contribution is -2.42. The van der Waals surface area contributed by atoms with Gasteiger partial charge >= 0.3 is 0 Å². The second-order valence-corrected chi connectivity index (χ2v) is 9.14. The molecule has 1 aliphatic heterocycles. The van der Waals surface area contributed by atoms with Crippen molar-refractivity contribution < 1.29 is 9.15 Å². The molecule has 1 saturated carbocycles. The van der Waals surface area contributed by atoms with Crippen molar-refractivity contribution in [3.05, 3.63) is 47.2 Å². The quantitative estimate of drug-likeness (QED) is 0.268. The van der Waals surface area contributed by atoms with Crippen LogP contribution in [0.5, 0.6) is 5.75 Å². The minimum atomic E-state index is 0. The summed E-state index contributed by atoms with van der Waals surface area (Å²) in [7, 11) is 1.83. The minimum absolute atomic E-state index is 0. The van der Waals surface area contributed by atoms with Gasteiger partial charge < -0.3 is 19.8 Å². The molecular formula is C25H38IN5O2. The van der Waals surface area contributed by atoms with Gasteiger partial charge in [0.25, 0.3) is 0 Å². The number of ether oxygens (including phenoxy) is 1. The smallest absolute Gasteiger partial charge is 0.208 e. The Hall–Kier alpha value is -1.81. The largest absolute Gasteiger partial charge is 0.493 e. The van der Waals surface area contributed by atoms with Gasteiger partial charge in [0.1, 0.15) is 11.5 Å². The lowest BCUT2D eigenvalue weighted by atomic mass is 9.97. The van der Waals surface area contributed by atoms with Crippen molar-refractivity contribution in [3.63, 3.8) is 0 Å². The van der Waals surface area contributed by atoms with Gasteiger partial charge in [0, 0.05) is 25.7 Å². The monoisotopic (exact) mass is 567 g/mol. The molecule has 2 aromatic rings. The van der Waals surface area contributed by atoms with E-state index in [-0.39, 0.29) is 24.0 Å². The number of aryl methyl sites for hydroxylation is 2. The fourth-order valence-electron chi connectivity index (χ4n) is 4.07. The predicted octanol–water partition coefficient (Wildman–Crippen LogP) is 4.28. The molecule has 182 valence electrons. The maximum absolute atomic E-state index is 6.03. The van der Waals surface area contributed by atoms with Gasteiger partial charge in [0.2, 0.25) is 5.89 Å². The van der Waals surface area contributed by atoms with Crippen molar-refractivity contribution in [1.82, 2.24) is 20.5 Å². The third-order valence-electron chi connectivity index (χ3n) is 6.51. The Morgan fingerprint density at radius 2 is 1.88 bits per heavy atom. The van der Waals surface area contributed by atoms with Crippen molar-refractivity contribution in [3.8, 4) is 5.75 Å². The first-order chi connectivity index (χ1) is 15.6. The van der Waals surface area contributed by atoms with Crippen LogP contribution in [0.1, 0.15) is 48.6 Å². The first-order valence-corrected chi connectivity index (χ1v) is 11.9. The second kappa shape index (κ2) is 12.6. The third kappa shape index (κ3) is 7.88. The van der Waals surface area contributed by atoms with Gasteiger partial charge in [-0.05, 0) is 70.5 Å². The van der Waals surface area contributed by atoms with Gasteiger partial charge in [-0.25, -0.2) is 4.98 Å². The van der Waals surface area contributed by atoms with Crippen LogP contribution in [0, 0.1) is 25.7 Å². The highest BCUT2D eigenvalue weighted by Gasteiger charge is 2.23. The Labute approximate surface area is 214 Å². The molecule has 7 nitrogen and oxygen atoms in total. The predicted molar refractivity (Wildman–Crippen MR) is 142 cm³/mol. The number of benzene rings is 1. The molecule has 0 spiro atoms. The fourth-order valence-corrected chi connectivity index (χ4v) is 4.07. The molecule has 2 aliphatic rings. The van der Waals surface area contributed by atoms with E-state index in [1.54, 1.807) is 0 Å². The number of likely N-dealkylation sites (tertiary alicyclic amines) is 1. The van der Waals surface area contributed by atoms with E-state index < -0.39 is 0 Å². The highest BCUT2D eigenvalue weighted by atomic mass is 127. The van der Waals surface area contributed by atoms with Crippen LogP contribution in [0.4, 0.5) is 0 Å². The Balaban J connectivity index is 0.00000306. The van der Waals surface area contributed by atoms with E-state index >= 15 is 0 Å². The average molecular weight is 568 g/mol. The lowest BCUT2D eigenvalue weighted by molar-refractivity contribution is 0.164. The Morgan fingerprint density at radius 1 is 1.12 bits per heavy atom. The van der Waals surface area contributed by atoms with Crippen LogP contribution in [0.2, 0.25) is 0 Å². The summed E-state index contributed by atoms with van der Waals surface area (Å²) in [6, 6.07) is 8.28. The molecule has 0 bridgehead atoms. The molecule has 1 aromatic carbocycles. The zero-order valence-electron chi connectivity index (χ0n) is 20.1. The SMILES string of the molecule is CN=C(NCc1ccccc1OCC1CC1)NCC1CCN(Cc2nc(C)c(C)o2)CC1.I. The molecule has 1 saturated heterocycles. The van der Waals surface area contributed by atoms with E-state index in [1.807, 2.05) is 27.0 Å². The number of oxazole rings is 1. The van der Waals surface area contributed by atoms with Crippen molar-refractivity contribution in [2.24, 2.45) is 16.8 Å². The molecule has 4 rings (SSSR count). The number of aliphatic imine (C=N–C) groups is 1. The Bertz CT molecular complexity index is 884. The summed E-state index contributed by atoms with van der Waals surface area (Å²) in [5, 5.41) is 6.96. The summed E-state index contributed by atoms with van der Waals surface area (Å²) in [5.74, 6) is 4.98. The number of guanidine groups is 1. The molecular weight excluding hydrogens is 529 g/mol. The van der Waals surface area contributed by atoms with Gasteiger partial charge in [-0.3, -0.25) is 9.89 Å². The van der Waals surface area contributed by atoms with Gasteiger partial charge in [-0.15, -0.1) is 24.0 Å². The summed E-state index contributed by atoms with van der Waals surface area (Å²) in [4.78, 5) is 11.4. The standard InChI is InChI=1S/C25H37N5O2.HI/c1-18-19(2)32-24(29-18)16-30-12-10-20(11-13-30)14-27-25(26-3)28-15-22-6-4-5-7-23(22)31-17-21-8-9-21;/h4-7,20-21H,8-17H2,1-3H3,(H2,26,27,28);1H. The zero-order chi connectivity index (χ0) is 22.3. The van der Waals surface area contributed by atoms with Gasteiger partial charge in [0.05, 0.1) is 18.8 Å². The molecule has 2 heterocycles. The zero-order valence-corrected chi connectivity index (χ0v) is 22.4. The van der Waals surface area contributed by atoms with Gasteiger partial charge in [-0.2, -0.15) is 0 Å². The van der Waals surface area contributed by atoms with Crippen molar-refractivity contribution in [2.45, 2.75) is 52.6 Å². The summed E-state index contributed by atoms with van der Waals surface area (Å²) >= 11 is 0. The van der Waals surface area contributed by atoms with Crippen LogP contribution in [0.15, 0.2) is 33.7 Å². The summed E-state index contributed by atoms with van der Waals surface area (Å²) in [5.41, 5.74) is 2.16. The molecule has 2 fully saturated rings. The van der Waals surface area contributed by atoms with Crippen LogP contribution in [-0.2, 0) is 13.1 Å². The Morgan fingerprint density at radius 3 is 2.55 bits per heavy atom. The van der Waals surface area contributed by atoms with Crippen molar-refractivity contribution >= 4 is 29.9 Å². The normalized spacial score (nSPS) is 17.5. The summed E-state index contributed by atoms with van der Waals surface area (Å²) in [6.07, 6.45) is 4.94. The van der Waals surface area contributed by atoms with E-state index in [4.69, 9.17) is 9.15 Å². The molecule has 0 amide bonds. The first-order valence-electron chi connectivity index (χ1n) is 11.9.